The van der Waals surface area contributed by atoms with E-state index in [9.17, 15) is 9.59 Å². The molecule has 0 saturated heterocycles. The van der Waals surface area contributed by atoms with Crippen molar-refractivity contribution in [1.29, 1.82) is 0 Å². The molecule has 0 spiro atoms. The lowest BCUT2D eigenvalue weighted by Crippen LogP contribution is -2.34. The molecule has 66 valence electrons. The van der Waals surface area contributed by atoms with Gasteiger partial charge in [-0.05, 0) is 0 Å². The van der Waals surface area contributed by atoms with Crippen LogP contribution >= 0.6 is 0 Å². The van der Waals surface area contributed by atoms with E-state index in [2.05, 4.69) is 9.53 Å². The van der Waals surface area contributed by atoms with Crippen molar-refractivity contribution in [3.63, 3.8) is 0 Å². The highest BCUT2D eigenvalue weighted by atomic mass is 16.5. The predicted octanol–water partition coefficient (Wildman–Crippen LogP) is -1.25. The average Bonchev–Trinajstić information content (AvgIpc) is 2.04. The highest BCUT2D eigenvalue weighted by molar-refractivity contribution is 6.28. The molecule has 0 fully saturated rings. The maximum atomic E-state index is 10.8. The van der Waals surface area contributed by atoms with Crippen molar-refractivity contribution in [3.8, 4) is 0 Å². The molecule has 2 N–H and O–H groups in total. The second-order valence-corrected chi connectivity index (χ2v) is 2.03. The zero-order valence-corrected chi connectivity index (χ0v) is 6.56. The van der Waals surface area contributed by atoms with Crippen LogP contribution in [0.3, 0.4) is 0 Å². The maximum Gasteiger partial charge on any atom is 0.324 e. The summed E-state index contributed by atoms with van der Waals surface area (Å²) >= 11 is 0. The first-order chi connectivity index (χ1) is 5.61. The van der Waals surface area contributed by atoms with Crippen molar-refractivity contribution < 1.29 is 19.1 Å². The second-order valence-electron chi connectivity index (χ2n) is 2.03. The third-order valence-corrected chi connectivity index (χ3v) is 1.16. The quantitative estimate of drug-likeness (QED) is 0.247. The number of carbonyl (C=O) groups excluding carboxylic acids is 2. The van der Waals surface area contributed by atoms with Crippen LogP contribution in [0.4, 0.5) is 0 Å². The lowest BCUT2D eigenvalue weighted by Gasteiger charge is -2.02. The monoisotopic (exact) mass is 171 g/mol. The van der Waals surface area contributed by atoms with Gasteiger partial charge in [0.25, 0.3) is 5.78 Å². The van der Waals surface area contributed by atoms with Crippen LogP contribution in [0.2, 0.25) is 0 Å². The SMILES string of the molecule is COC(=O)CC(N)C(=O)C=[N+]=[N-]. The van der Waals surface area contributed by atoms with Crippen molar-refractivity contribution in [3.05, 3.63) is 5.53 Å². The van der Waals surface area contributed by atoms with Crippen molar-refractivity contribution in [2.24, 2.45) is 5.73 Å². The number of carbonyl (C=O) groups is 2. The molecule has 0 radical (unpaired) electrons. The number of ether oxygens (including phenoxy) is 1. The first-order valence-corrected chi connectivity index (χ1v) is 3.15. The molecule has 0 aromatic carbocycles. The van der Waals surface area contributed by atoms with E-state index in [4.69, 9.17) is 11.3 Å². The molecule has 0 aliphatic rings. The number of hydrogen-bond acceptors (Lipinski definition) is 4. The Labute approximate surface area is 68.9 Å². The molecule has 6 heteroatoms. The van der Waals surface area contributed by atoms with Crippen molar-refractivity contribution in [1.82, 2.24) is 0 Å². The van der Waals surface area contributed by atoms with E-state index in [1.165, 1.54) is 7.11 Å². The van der Waals surface area contributed by atoms with E-state index in [1.54, 1.807) is 0 Å². The molecule has 0 saturated carbocycles. The number of nitrogens with zero attached hydrogens (tertiary/aromatic N) is 2. The molecule has 0 aromatic heterocycles. The van der Waals surface area contributed by atoms with Gasteiger partial charge in [-0.3, -0.25) is 9.59 Å². The number of nitrogens with two attached hydrogens (primary N) is 1. The maximum absolute atomic E-state index is 10.8. The van der Waals surface area contributed by atoms with Crippen LogP contribution in [0.1, 0.15) is 6.42 Å². The van der Waals surface area contributed by atoms with E-state index in [1.807, 2.05) is 0 Å². The lowest BCUT2D eigenvalue weighted by molar-refractivity contribution is -0.142. The van der Waals surface area contributed by atoms with E-state index < -0.39 is 17.8 Å². The van der Waals surface area contributed by atoms with Crippen LogP contribution < -0.4 is 5.73 Å². The predicted molar refractivity (Wildman–Crippen MR) is 39.3 cm³/mol. The molecule has 0 rings (SSSR count). The minimum absolute atomic E-state index is 0.221. The van der Waals surface area contributed by atoms with Gasteiger partial charge in [0.2, 0.25) is 0 Å². The summed E-state index contributed by atoms with van der Waals surface area (Å²) in [6.45, 7) is 0. The Balaban J connectivity index is 4.03. The molecule has 0 aliphatic heterocycles. The van der Waals surface area contributed by atoms with Crippen LogP contribution in [0, 0.1) is 0 Å². The van der Waals surface area contributed by atoms with Crippen LogP contribution in [-0.2, 0) is 14.3 Å². The fourth-order valence-corrected chi connectivity index (χ4v) is 0.516. The van der Waals surface area contributed by atoms with Gasteiger partial charge in [-0.15, -0.1) is 0 Å². The van der Waals surface area contributed by atoms with E-state index in [0.717, 1.165) is 0 Å². The van der Waals surface area contributed by atoms with E-state index in [0.29, 0.717) is 6.21 Å². The molecule has 0 aliphatic carbocycles. The summed E-state index contributed by atoms with van der Waals surface area (Å²) in [5.74, 6) is -1.20. The third kappa shape index (κ3) is 3.60. The summed E-state index contributed by atoms with van der Waals surface area (Å²) in [5.41, 5.74) is 13.2. The number of esters is 1. The Kier molecular flexibility index (Phi) is 4.52. The van der Waals surface area contributed by atoms with Crippen molar-refractivity contribution in [2.45, 2.75) is 12.5 Å². The van der Waals surface area contributed by atoms with Crippen LogP contribution in [-0.4, -0.2) is 35.9 Å². The third-order valence-electron chi connectivity index (χ3n) is 1.16. The largest absolute Gasteiger partial charge is 0.469 e. The van der Waals surface area contributed by atoms with Crippen LogP contribution in [0.5, 0.6) is 0 Å². The standard InChI is InChI=1S/C6H9N3O3/c1-12-6(11)2-4(7)5(10)3-9-8/h3-4H,2,7H2,1H3. The molecule has 0 bridgehead atoms. The van der Waals surface area contributed by atoms with Crippen LogP contribution in [0.25, 0.3) is 5.53 Å². The summed E-state index contributed by atoms with van der Waals surface area (Å²) in [4.78, 5) is 23.8. The average molecular weight is 171 g/mol. The molecule has 6 nitrogen and oxygen atoms in total. The summed E-state index contributed by atoms with van der Waals surface area (Å²) in [5, 5.41) is 0. The Morgan fingerprint density at radius 3 is 2.75 bits per heavy atom. The Bertz CT molecular complexity index is 232. The number of hydrogen-bond donors (Lipinski definition) is 1. The molecule has 12 heavy (non-hydrogen) atoms. The molecule has 0 aromatic rings. The van der Waals surface area contributed by atoms with Gasteiger partial charge in [-0.25, -0.2) is 0 Å². The van der Waals surface area contributed by atoms with E-state index >= 15 is 0 Å². The highest BCUT2D eigenvalue weighted by Crippen LogP contribution is 1.90. The molecule has 0 heterocycles. The Hall–Kier alpha value is -1.52. The lowest BCUT2D eigenvalue weighted by atomic mass is 10.1. The summed E-state index contributed by atoms with van der Waals surface area (Å²) in [6, 6.07) is -1.01. The Morgan fingerprint density at radius 1 is 1.75 bits per heavy atom. The number of ketones is 1. The normalized spacial score (nSPS) is 11.2. The van der Waals surface area contributed by atoms with Gasteiger partial charge < -0.3 is 16.0 Å². The summed E-state index contributed by atoms with van der Waals surface area (Å²) < 4.78 is 4.27. The fourth-order valence-electron chi connectivity index (χ4n) is 0.516. The smallest absolute Gasteiger partial charge is 0.324 e. The first-order valence-electron chi connectivity index (χ1n) is 3.15. The zero-order valence-electron chi connectivity index (χ0n) is 6.56. The second kappa shape index (κ2) is 5.17. The van der Waals surface area contributed by atoms with Gasteiger partial charge in [0.05, 0.1) is 19.6 Å². The minimum atomic E-state index is -1.01. The number of rotatable bonds is 4. The zero-order chi connectivity index (χ0) is 9.56. The molecular formula is C6H9N3O3. The number of Topliss-reactive ketones (excluding diaryl/α,β-unsaturated/α-hetero) is 1. The topological polar surface area (TPSA) is 106 Å². The van der Waals surface area contributed by atoms with Gasteiger partial charge in [-0.2, -0.15) is 4.79 Å². The fraction of sp³-hybridized carbons (Fsp3) is 0.500. The van der Waals surface area contributed by atoms with Gasteiger partial charge in [-0.1, -0.05) is 0 Å². The van der Waals surface area contributed by atoms with Gasteiger partial charge in [0, 0.05) is 0 Å². The summed E-state index contributed by atoms with van der Waals surface area (Å²) in [6.07, 6.45) is 0.426. The highest BCUT2D eigenvalue weighted by Gasteiger charge is 2.18. The first kappa shape index (κ1) is 10.5. The number of methoxy groups -OCH3 is 1. The molecule has 0 amide bonds. The van der Waals surface area contributed by atoms with Crippen molar-refractivity contribution >= 4 is 18.0 Å². The van der Waals surface area contributed by atoms with Gasteiger partial charge in [0.1, 0.15) is 0 Å². The summed E-state index contributed by atoms with van der Waals surface area (Å²) in [7, 11) is 1.19. The molecule has 1 atom stereocenters. The minimum Gasteiger partial charge on any atom is -0.469 e. The molecular weight excluding hydrogens is 162 g/mol. The van der Waals surface area contributed by atoms with Crippen LogP contribution in [0.15, 0.2) is 0 Å². The van der Waals surface area contributed by atoms with Gasteiger partial charge in [0.15, 0.2) is 0 Å². The van der Waals surface area contributed by atoms with Crippen molar-refractivity contribution in [2.75, 3.05) is 7.11 Å². The molecule has 1 unspecified atom stereocenters. The van der Waals surface area contributed by atoms with Gasteiger partial charge >= 0.3 is 12.2 Å². The Morgan fingerprint density at radius 2 is 2.33 bits per heavy atom. The van der Waals surface area contributed by atoms with E-state index in [-0.39, 0.29) is 6.42 Å².